The molecule has 2 amide bonds. The van der Waals surface area contributed by atoms with Crippen molar-refractivity contribution in [2.24, 2.45) is 0 Å². The topological polar surface area (TPSA) is 111 Å². The number of pyridine rings is 1. The second-order valence-corrected chi connectivity index (χ2v) is 7.05. The summed E-state index contributed by atoms with van der Waals surface area (Å²) in [6.07, 6.45) is 0. The molecule has 3 N–H and O–H groups in total. The Balaban J connectivity index is 1.99. The van der Waals surface area contributed by atoms with Gasteiger partial charge >= 0.3 is 0 Å². The van der Waals surface area contributed by atoms with Crippen molar-refractivity contribution >= 4 is 39.3 Å². The van der Waals surface area contributed by atoms with E-state index in [-0.39, 0.29) is 34.0 Å². The molecule has 0 aliphatic carbocycles. The lowest BCUT2D eigenvalue weighted by atomic mass is 10.0. The van der Waals surface area contributed by atoms with Crippen LogP contribution >= 0.6 is 15.9 Å². The molecule has 0 saturated heterocycles. The summed E-state index contributed by atoms with van der Waals surface area (Å²) in [6.45, 7) is 0. The van der Waals surface area contributed by atoms with Crippen molar-refractivity contribution in [2.75, 3.05) is 5.73 Å². The van der Waals surface area contributed by atoms with Crippen LogP contribution in [0.5, 0.6) is 0 Å². The lowest BCUT2D eigenvalue weighted by molar-refractivity contribution is 0.0879. The number of carbonyl (C=O) groups excluding carboxylic acids is 3. The summed E-state index contributed by atoms with van der Waals surface area (Å²) in [7, 11) is 0. The number of nitrogens with two attached hydrogens (primary N) is 1. The third-order valence-corrected chi connectivity index (χ3v) is 4.93. The molecule has 1 aliphatic heterocycles. The molecule has 2 heterocycles. The van der Waals surface area contributed by atoms with Crippen molar-refractivity contribution in [1.29, 1.82) is 0 Å². The summed E-state index contributed by atoms with van der Waals surface area (Å²) in [6, 6.07) is 14.4. The van der Waals surface area contributed by atoms with Gasteiger partial charge in [-0.05, 0) is 18.2 Å². The molecule has 0 bridgehead atoms. The van der Waals surface area contributed by atoms with Gasteiger partial charge in [0, 0.05) is 21.7 Å². The van der Waals surface area contributed by atoms with Gasteiger partial charge in [0.05, 0.1) is 16.8 Å². The third kappa shape index (κ3) is 2.74. The Bertz CT molecular complexity index is 1230. The standard InChI is InChI=1S/C20H12BrN3O4/c21-11-6-7-14(12(8-11)17(26)10-4-2-1-3-5-10)24-15(25)9-13-16(18(24)22)20(28)23-19(13)27/h1-9H,22H2,(H,23,27,28). The molecule has 3 aromatic rings. The Morgan fingerprint density at radius 1 is 0.964 bits per heavy atom. The van der Waals surface area contributed by atoms with Crippen LogP contribution in [0.2, 0.25) is 0 Å². The minimum atomic E-state index is -0.681. The largest absolute Gasteiger partial charge is 0.384 e. The van der Waals surface area contributed by atoms with Crippen molar-refractivity contribution in [3.8, 4) is 5.69 Å². The molecule has 28 heavy (non-hydrogen) atoms. The van der Waals surface area contributed by atoms with E-state index in [1.807, 2.05) is 0 Å². The number of carbonyl (C=O) groups is 3. The predicted molar refractivity (Wildman–Crippen MR) is 106 cm³/mol. The van der Waals surface area contributed by atoms with Gasteiger partial charge in [0.2, 0.25) is 0 Å². The van der Waals surface area contributed by atoms with E-state index < -0.39 is 17.4 Å². The maximum atomic E-state index is 13.1. The Morgan fingerprint density at radius 3 is 2.39 bits per heavy atom. The molecule has 2 aromatic carbocycles. The van der Waals surface area contributed by atoms with Crippen LogP contribution in [0.25, 0.3) is 5.69 Å². The van der Waals surface area contributed by atoms with Crippen LogP contribution in [-0.2, 0) is 0 Å². The Morgan fingerprint density at radius 2 is 1.68 bits per heavy atom. The quantitative estimate of drug-likeness (QED) is 0.482. The van der Waals surface area contributed by atoms with Crippen molar-refractivity contribution in [1.82, 2.24) is 9.88 Å². The molecule has 0 radical (unpaired) electrons. The number of rotatable bonds is 3. The van der Waals surface area contributed by atoms with Crippen LogP contribution in [0.3, 0.4) is 0 Å². The summed E-state index contributed by atoms with van der Waals surface area (Å²) in [5.74, 6) is -1.87. The van der Waals surface area contributed by atoms with E-state index >= 15 is 0 Å². The fourth-order valence-corrected chi connectivity index (χ4v) is 3.52. The highest BCUT2D eigenvalue weighted by Gasteiger charge is 2.32. The number of ketones is 1. The average molecular weight is 438 g/mol. The van der Waals surface area contributed by atoms with Crippen LogP contribution in [0.15, 0.2) is 63.9 Å². The van der Waals surface area contributed by atoms with Gasteiger partial charge in [-0.3, -0.25) is 29.1 Å². The number of hydrogen-bond donors (Lipinski definition) is 2. The number of nitrogen functional groups attached to an aromatic ring is 1. The molecule has 0 fully saturated rings. The zero-order valence-electron chi connectivity index (χ0n) is 14.2. The molecule has 0 spiro atoms. The molecule has 138 valence electrons. The molecule has 4 rings (SSSR count). The van der Waals surface area contributed by atoms with E-state index in [0.717, 1.165) is 10.6 Å². The van der Waals surface area contributed by atoms with Gasteiger partial charge in [-0.1, -0.05) is 46.3 Å². The normalized spacial score (nSPS) is 12.6. The van der Waals surface area contributed by atoms with Crippen molar-refractivity contribution in [2.45, 2.75) is 0 Å². The van der Waals surface area contributed by atoms with Crippen molar-refractivity contribution in [3.63, 3.8) is 0 Å². The van der Waals surface area contributed by atoms with Crippen LogP contribution in [-0.4, -0.2) is 22.2 Å². The SMILES string of the molecule is Nc1c2c(cc(=O)n1-c1ccc(Br)cc1C(=O)c1ccccc1)C(=O)NC2=O. The highest BCUT2D eigenvalue weighted by atomic mass is 79.9. The van der Waals surface area contributed by atoms with Gasteiger partial charge in [-0.2, -0.15) is 0 Å². The first-order valence-corrected chi connectivity index (χ1v) is 8.98. The number of halogens is 1. The molecular weight excluding hydrogens is 426 g/mol. The van der Waals surface area contributed by atoms with E-state index in [4.69, 9.17) is 5.73 Å². The molecule has 8 heteroatoms. The summed E-state index contributed by atoms with van der Waals surface area (Å²) >= 11 is 3.33. The van der Waals surface area contributed by atoms with Gasteiger partial charge in [-0.15, -0.1) is 0 Å². The molecular formula is C20H12BrN3O4. The fraction of sp³-hybridized carbons (Fsp3) is 0. The molecule has 0 atom stereocenters. The number of nitrogens with zero attached hydrogens (tertiary/aromatic N) is 1. The van der Waals surface area contributed by atoms with E-state index in [9.17, 15) is 19.2 Å². The van der Waals surface area contributed by atoms with E-state index in [1.165, 1.54) is 0 Å². The number of anilines is 1. The van der Waals surface area contributed by atoms with Crippen LogP contribution in [0, 0.1) is 0 Å². The molecule has 1 aliphatic rings. The van der Waals surface area contributed by atoms with Gasteiger partial charge in [0.1, 0.15) is 5.82 Å². The van der Waals surface area contributed by atoms with Gasteiger partial charge in [0.15, 0.2) is 5.78 Å². The maximum Gasteiger partial charge on any atom is 0.262 e. The first-order valence-electron chi connectivity index (χ1n) is 8.19. The number of imide groups is 1. The number of nitrogens with one attached hydrogen (secondary N) is 1. The van der Waals surface area contributed by atoms with Crippen molar-refractivity contribution < 1.29 is 14.4 Å². The lowest BCUT2D eigenvalue weighted by Gasteiger charge is -2.15. The molecule has 0 saturated carbocycles. The number of benzene rings is 2. The average Bonchev–Trinajstić information content (AvgIpc) is 2.96. The Hall–Kier alpha value is -3.52. The fourth-order valence-electron chi connectivity index (χ4n) is 3.16. The maximum absolute atomic E-state index is 13.1. The first kappa shape index (κ1) is 17.9. The summed E-state index contributed by atoms with van der Waals surface area (Å²) < 4.78 is 1.70. The van der Waals surface area contributed by atoms with Gasteiger partial charge < -0.3 is 5.73 Å². The Kier molecular flexibility index (Phi) is 4.20. The number of amides is 2. The highest BCUT2D eigenvalue weighted by Crippen LogP contribution is 2.27. The molecule has 0 unspecified atom stereocenters. The smallest absolute Gasteiger partial charge is 0.262 e. The minimum Gasteiger partial charge on any atom is -0.384 e. The van der Waals surface area contributed by atoms with Gasteiger partial charge in [0.25, 0.3) is 17.4 Å². The molecule has 7 nitrogen and oxygen atoms in total. The molecule has 1 aromatic heterocycles. The second kappa shape index (κ2) is 6.58. The Labute approximate surface area is 166 Å². The number of aromatic nitrogens is 1. The second-order valence-electron chi connectivity index (χ2n) is 6.13. The zero-order valence-corrected chi connectivity index (χ0v) is 15.8. The third-order valence-electron chi connectivity index (χ3n) is 4.43. The predicted octanol–water partition coefficient (Wildman–Crippen LogP) is 2.30. The minimum absolute atomic E-state index is 0.0724. The van der Waals surface area contributed by atoms with Crippen LogP contribution < -0.4 is 16.6 Å². The summed E-state index contributed by atoms with van der Waals surface area (Å²) in [4.78, 5) is 49.7. The van der Waals surface area contributed by atoms with Crippen LogP contribution in [0.1, 0.15) is 36.6 Å². The van der Waals surface area contributed by atoms with Gasteiger partial charge in [-0.25, -0.2) is 0 Å². The number of fused-ring (bicyclic) bond motifs is 1. The first-order chi connectivity index (χ1) is 13.4. The monoisotopic (exact) mass is 437 g/mol. The summed E-state index contributed by atoms with van der Waals surface area (Å²) in [5, 5.41) is 2.12. The lowest BCUT2D eigenvalue weighted by Crippen LogP contribution is -2.25. The zero-order chi connectivity index (χ0) is 20.0. The summed E-state index contributed by atoms with van der Waals surface area (Å²) in [5.41, 5.74) is 6.19. The van der Waals surface area contributed by atoms with E-state index in [0.29, 0.717) is 10.0 Å². The highest BCUT2D eigenvalue weighted by molar-refractivity contribution is 9.10. The van der Waals surface area contributed by atoms with Crippen molar-refractivity contribution in [3.05, 3.63) is 91.7 Å². The number of hydrogen-bond acceptors (Lipinski definition) is 5. The van der Waals surface area contributed by atoms with E-state index in [2.05, 4.69) is 21.2 Å². The van der Waals surface area contributed by atoms with Crippen LogP contribution in [0.4, 0.5) is 5.82 Å². The van der Waals surface area contributed by atoms with E-state index in [1.54, 1.807) is 48.5 Å².